The number of benzene rings is 7. The second-order valence-electron chi connectivity index (χ2n) is 13.0. The first-order valence-electron chi connectivity index (χ1n) is 17.0. The average molecular weight is 646 g/mol. The van der Waals surface area contributed by atoms with Gasteiger partial charge in [0.2, 0.25) is 0 Å². The molecule has 0 unspecified atom stereocenters. The fourth-order valence-electron chi connectivity index (χ4n) is 7.30. The van der Waals surface area contributed by atoms with E-state index in [9.17, 15) is 20.1 Å². The highest BCUT2D eigenvalue weighted by atomic mass is 16.4. The minimum absolute atomic E-state index is 0.521. The molecule has 0 bridgehead atoms. The number of hydrogen-bond acceptors (Lipinski definition) is 6. The molecule has 6 nitrogen and oxygen atoms in total. The van der Waals surface area contributed by atoms with Crippen molar-refractivity contribution in [2.24, 2.45) is 0 Å². The minimum Gasteiger partial charge on any atom is -0.423 e. The molecule has 0 radical (unpaired) electrons. The first-order valence-corrected chi connectivity index (χ1v) is 17.0. The molecule has 7 aromatic carbocycles. The van der Waals surface area contributed by atoms with Gasteiger partial charge in [-0.1, -0.05) is 133 Å². The van der Waals surface area contributed by atoms with Gasteiger partial charge in [0.05, 0.1) is 0 Å². The van der Waals surface area contributed by atoms with Gasteiger partial charge < -0.3 is 20.1 Å². The number of nitrogens with zero attached hydrogens (tertiary/aromatic N) is 2. The lowest BCUT2D eigenvalue weighted by Gasteiger charge is -2.28. The van der Waals surface area contributed by atoms with E-state index in [1.54, 1.807) is 12.1 Å². The predicted octanol–water partition coefficient (Wildman–Crippen LogP) is 5.04. The monoisotopic (exact) mass is 646 g/mol. The second-order valence-corrected chi connectivity index (χ2v) is 13.0. The summed E-state index contributed by atoms with van der Waals surface area (Å²) in [5, 5.41) is 48.0. The van der Waals surface area contributed by atoms with Gasteiger partial charge in [-0.25, -0.2) is 0 Å². The van der Waals surface area contributed by atoms with Gasteiger partial charge in [0.1, 0.15) is 0 Å². The molecule has 0 atom stereocenters. The molecule has 8 heteroatoms. The Morgan fingerprint density at radius 2 is 0.898 bits per heavy atom. The molecule has 0 aliphatic carbocycles. The molecule has 7 rings (SSSR count). The zero-order valence-electron chi connectivity index (χ0n) is 27.5. The first kappa shape index (κ1) is 33.0. The summed E-state index contributed by atoms with van der Waals surface area (Å²) in [5.41, 5.74) is 5.26. The van der Waals surface area contributed by atoms with Crippen LogP contribution in [0.4, 0.5) is 0 Å². The van der Waals surface area contributed by atoms with E-state index < -0.39 is 14.2 Å². The average Bonchev–Trinajstić information content (AvgIpc) is 3.12. The summed E-state index contributed by atoms with van der Waals surface area (Å²) in [6, 6.07) is 45.2. The lowest BCUT2D eigenvalue weighted by atomic mass is 9.77. The third-order valence-electron chi connectivity index (χ3n) is 9.67. The van der Waals surface area contributed by atoms with E-state index in [-0.39, 0.29) is 0 Å². The van der Waals surface area contributed by atoms with Gasteiger partial charge in [0, 0.05) is 39.3 Å². The van der Waals surface area contributed by atoms with Gasteiger partial charge in [-0.2, -0.15) is 0 Å². The molecule has 4 N–H and O–H groups in total. The Morgan fingerprint density at radius 1 is 0.408 bits per heavy atom. The van der Waals surface area contributed by atoms with E-state index in [4.69, 9.17) is 0 Å². The molecule has 0 fully saturated rings. The van der Waals surface area contributed by atoms with E-state index >= 15 is 0 Å². The zero-order chi connectivity index (χ0) is 33.7. The summed E-state index contributed by atoms with van der Waals surface area (Å²) in [7, 11) is -3.08. The zero-order valence-corrected chi connectivity index (χ0v) is 27.5. The van der Waals surface area contributed by atoms with Crippen molar-refractivity contribution in [1.29, 1.82) is 0 Å². The van der Waals surface area contributed by atoms with Crippen LogP contribution in [-0.2, 0) is 26.2 Å². The van der Waals surface area contributed by atoms with Crippen LogP contribution in [0, 0.1) is 0 Å². The molecule has 0 heterocycles. The van der Waals surface area contributed by atoms with Gasteiger partial charge in [-0.3, -0.25) is 9.80 Å². The van der Waals surface area contributed by atoms with Gasteiger partial charge in [-0.15, -0.1) is 0 Å². The molecule has 0 aromatic heterocycles. The van der Waals surface area contributed by atoms with E-state index in [0.717, 1.165) is 37.2 Å². The molecular formula is C41H40B2N2O4. The summed E-state index contributed by atoms with van der Waals surface area (Å²) in [5.74, 6) is 0. The maximum atomic E-state index is 10.2. The van der Waals surface area contributed by atoms with Crippen molar-refractivity contribution in [2.75, 3.05) is 13.1 Å². The molecule has 0 saturated heterocycles. The third kappa shape index (κ3) is 7.41. The summed E-state index contributed by atoms with van der Waals surface area (Å²) in [6.07, 6.45) is 0.854. The fraction of sp³-hybridized carbons (Fsp3) is 0.171. The quantitative estimate of drug-likeness (QED) is 0.0980. The Kier molecular flexibility index (Phi) is 10.1. The third-order valence-corrected chi connectivity index (χ3v) is 9.67. The predicted molar refractivity (Wildman–Crippen MR) is 202 cm³/mol. The van der Waals surface area contributed by atoms with E-state index in [1.165, 1.54) is 43.4 Å². The highest BCUT2D eigenvalue weighted by Gasteiger charge is 2.21. The Hall–Kier alpha value is -4.53. The van der Waals surface area contributed by atoms with Crippen molar-refractivity contribution in [1.82, 2.24) is 9.80 Å². The van der Waals surface area contributed by atoms with Crippen molar-refractivity contribution in [3.63, 3.8) is 0 Å². The van der Waals surface area contributed by atoms with Crippen LogP contribution in [0.15, 0.2) is 133 Å². The summed E-state index contributed by atoms with van der Waals surface area (Å²) in [4.78, 5) is 4.76. The summed E-state index contributed by atoms with van der Waals surface area (Å²) in [6.45, 7) is 4.12. The molecule has 49 heavy (non-hydrogen) atoms. The van der Waals surface area contributed by atoms with E-state index in [2.05, 4.69) is 76.5 Å². The van der Waals surface area contributed by atoms with Crippen molar-refractivity contribution in [3.8, 4) is 0 Å². The van der Waals surface area contributed by atoms with E-state index in [1.807, 2.05) is 54.6 Å². The van der Waals surface area contributed by atoms with Gasteiger partial charge in [0.15, 0.2) is 0 Å². The standard InChI is InChI=1S/C41H40B2N2O4/c46-42(47)38-16-6-4-12-35(38)28-44(26-30-10-2-1-3-11-30)24-9-25-45(29-36-13-5-7-17-39(36)43(48)49)27-34-21-20-33-19-18-31-14-8-15-32-22-23-37(34)41(33)40(31)32/h1-8,10-23,46-49H,9,24-29H2. The van der Waals surface area contributed by atoms with Gasteiger partial charge in [0.25, 0.3) is 0 Å². The van der Waals surface area contributed by atoms with Crippen molar-refractivity contribution in [3.05, 3.63) is 156 Å². The molecule has 0 aliphatic heterocycles. The molecule has 0 aliphatic rings. The van der Waals surface area contributed by atoms with Crippen molar-refractivity contribution < 1.29 is 20.1 Å². The molecule has 0 saturated carbocycles. The van der Waals surface area contributed by atoms with Crippen LogP contribution in [0.3, 0.4) is 0 Å². The highest BCUT2D eigenvalue weighted by Crippen LogP contribution is 2.36. The Balaban J connectivity index is 1.18. The van der Waals surface area contributed by atoms with Crippen molar-refractivity contribution >= 4 is 57.5 Å². The lowest BCUT2D eigenvalue weighted by Crippen LogP contribution is -2.37. The summed E-state index contributed by atoms with van der Waals surface area (Å²) < 4.78 is 0. The highest BCUT2D eigenvalue weighted by molar-refractivity contribution is 6.59. The lowest BCUT2D eigenvalue weighted by molar-refractivity contribution is 0.208. The first-order chi connectivity index (χ1) is 23.9. The maximum Gasteiger partial charge on any atom is 0.488 e. The largest absolute Gasteiger partial charge is 0.488 e. The molecule has 0 amide bonds. The summed E-state index contributed by atoms with van der Waals surface area (Å²) >= 11 is 0. The van der Waals surface area contributed by atoms with Crippen LogP contribution in [0.2, 0.25) is 0 Å². The number of rotatable bonds is 14. The van der Waals surface area contributed by atoms with Crippen LogP contribution in [-0.4, -0.2) is 57.2 Å². The normalized spacial score (nSPS) is 11.8. The Morgan fingerprint density at radius 3 is 1.51 bits per heavy atom. The van der Waals surface area contributed by atoms with Gasteiger partial charge >= 0.3 is 14.2 Å². The molecule has 0 spiro atoms. The topological polar surface area (TPSA) is 87.4 Å². The molecular weight excluding hydrogens is 606 g/mol. The Labute approximate surface area is 288 Å². The minimum atomic E-state index is -1.55. The van der Waals surface area contributed by atoms with Crippen LogP contribution < -0.4 is 10.9 Å². The molecule has 7 aromatic rings. The second kappa shape index (κ2) is 14.9. The van der Waals surface area contributed by atoms with Crippen LogP contribution in [0.5, 0.6) is 0 Å². The Bertz CT molecular complexity index is 2140. The van der Waals surface area contributed by atoms with Crippen molar-refractivity contribution in [2.45, 2.75) is 32.6 Å². The maximum absolute atomic E-state index is 10.2. The SMILES string of the molecule is OB(O)c1ccccc1CN(CCCN(Cc1ccccc1B(O)O)Cc1ccc2ccc3cccc4ccc1c2c34)Cc1ccccc1. The van der Waals surface area contributed by atoms with Gasteiger partial charge in [-0.05, 0) is 71.9 Å². The fourth-order valence-corrected chi connectivity index (χ4v) is 7.30. The van der Waals surface area contributed by atoms with Crippen LogP contribution >= 0.6 is 0 Å². The van der Waals surface area contributed by atoms with Crippen LogP contribution in [0.25, 0.3) is 32.3 Å². The van der Waals surface area contributed by atoms with Crippen LogP contribution in [0.1, 0.15) is 28.7 Å². The number of hydrogen-bond donors (Lipinski definition) is 4. The van der Waals surface area contributed by atoms with E-state index in [0.29, 0.717) is 30.6 Å². The smallest absolute Gasteiger partial charge is 0.423 e. The molecule has 244 valence electrons.